The van der Waals surface area contributed by atoms with Crippen LogP contribution in [0.15, 0.2) is 18.6 Å². The smallest absolute Gasteiger partial charge is 0.256 e. The first-order chi connectivity index (χ1) is 12.0. The average Bonchev–Trinajstić information content (AvgIpc) is 3.09. The second kappa shape index (κ2) is 7.24. The first-order valence-electron chi connectivity index (χ1n) is 8.22. The molecule has 0 amide bonds. The first kappa shape index (κ1) is 17.4. The van der Waals surface area contributed by atoms with Crippen LogP contribution in [0.5, 0.6) is 5.88 Å². The van der Waals surface area contributed by atoms with Crippen LogP contribution in [-0.4, -0.2) is 76.2 Å². The van der Waals surface area contributed by atoms with Crippen LogP contribution in [0.3, 0.4) is 0 Å². The molecule has 2 aromatic rings. The van der Waals surface area contributed by atoms with E-state index in [4.69, 9.17) is 4.74 Å². The van der Waals surface area contributed by atoms with Crippen molar-refractivity contribution < 1.29 is 9.84 Å². The Balaban J connectivity index is 1.81. The first-order valence-corrected chi connectivity index (χ1v) is 8.22. The van der Waals surface area contributed by atoms with E-state index in [9.17, 15) is 5.11 Å². The van der Waals surface area contributed by atoms with Gasteiger partial charge in [-0.25, -0.2) is 9.97 Å². The van der Waals surface area contributed by atoms with Crippen molar-refractivity contribution in [3.05, 3.63) is 18.6 Å². The lowest BCUT2D eigenvalue weighted by Crippen LogP contribution is -2.38. The van der Waals surface area contributed by atoms with Crippen molar-refractivity contribution in [3.8, 4) is 5.88 Å². The van der Waals surface area contributed by atoms with E-state index in [-0.39, 0.29) is 12.1 Å². The molecule has 0 aliphatic carbocycles. The summed E-state index contributed by atoms with van der Waals surface area (Å²) in [4.78, 5) is 12.9. The highest BCUT2D eigenvalue weighted by Crippen LogP contribution is 2.28. The minimum absolute atomic E-state index is 0.223. The average molecular weight is 347 g/mol. The van der Waals surface area contributed by atoms with Crippen molar-refractivity contribution in [1.29, 1.82) is 0 Å². The molecule has 9 heteroatoms. The molecule has 1 saturated heterocycles. The van der Waals surface area contributed by atoms with E-state index < -0.39 is 0 Å². The molecule has 0 spiro atoms. The maximum absolute atomic E-state index is 10.1. The summed E-state index contributed by atoms with van der Waals surface area (Å²) in [6.45, 7) is 1.44. The van der Waals surface area contributed by atoms with Gasteiger partial charge in [0.05, 0.1) is 19.4 Å². The Morgan fingerprint density at radius 3 is 2.92 bits per heavy atom. The number of aromatic nitrogens is 4. The Morgan fingerprint density at radius 1 is 1.40 bits per heavy atom. The number of hydrogen-bond donors (Lipinski definition) is 2. The summed E-state index contributed by atoms with van der Waals surface area (Å²) in [5.74, 6) is 1.95. The van der Waals surface area contributed by atoms with Gasteiger partial charge in [-0.05, 0) is 20.5 Å². The summed E-state index contributed by atoms with van der Waals surface area (Å²) in [6, 6.07) is 2.10. The van der Waals surface area contributed by atoms with Crippen molar-refractivity contribution >= 4 is 17.3 Å². The number of aliphatic hydroxyl groups is 1. The van der Waals surface area contributed by atoms with Crippen molar-refractivity contribution in [1.82, 2.24) is 24.6 Å². The Morgan fingerprint density at radius 2 is 2.20 bits per heavy atom. The molecule has 1 fully saturated rings. The number of likely N-dealkylation sites (N-methyl/N-ethyl adjacent to an activating group) is 1. The molecule has 2 N–H and O–H groups in total. The molecule has 1 aliphatic heterocycles. The fraction of sp³-hybridized carbons (Fsp3) is 0.562. The van der Waals surface area contributed by atoms with Gasteiger partial charge >= 0.3 is 0 Å². The van der Waals surface area contributed by atoms with Gasteiger partial charge in [0.15, 0.2) is 0 Å². The molecule has 2 aromatic heterocycles. The fourth-order valence-corrected chi connectivity index (χ4v) is 3.18. The van der Waals surface area contributed by atoms with Gasteiger partial charge in [-0.2, -0.15) is 0 Å². The van der Waals surface area contributed by atoms with Crippen molar-refractivity contribution in [3.63, 3.8) is 0 Å². The third-order valence-corrected chi connectivity index (χ3v) is 4.17. The van der Waals surface area contributed by atoms with Crippen LogP contribution in [-0.2, 0) is 7.05 Å². The van der Waals surface area contributed by atoms with Gasteiger partial charge in [0, 0.05) is 32.2 Å². The molecule has 3 rings (SSSR count). The Hall–Kier alpha value is -2.39. The van der Waals surface area contributed by atoms with Gasteiger partial charge in [-0.1, -0.05) is 0 Å². The summed E-state index contributed by atoms with van der Waals surface area (Å²) in [5.41, 5.74) is 0.737. The standard InChI is InChI=1S/C16H25N7O2/c1-21(2)7-11-5-12(24)8-23(11)15-6-14(17-10-18-15)19-13-9-22(3)20-16(13)25-4/h6,9-12,24H,5,7-8H2,1-4H3,(H,17,18,19)/t11-,12-/m1/s1. The molecule has 9 nitrogen and oxygen atoms in total. The number of hydrogen-bond acceptors (Lipinski definition) is 8. The van der Waals surface area contributed by atoms with E-state index in [0.29, 0.717) is 18.2 Å². The van der Waals surface area contributed by atoms with Gasteiger partial charge in [-0.15, -0.1) is 5.10 Å². The number of ether oxygens (including phenoxy) is 1. The van der Waals surface area contributed by atoms with Crippen LogP contribution in [0.4, 0.5) is 17.3 Å². The normalized spacial score (nSPS) is 20.3. The zero-order chi connectivity index (χ0) is 18.0. The third-order valence-electron chi connectivity index (χ3n) is 4.17. The third kappa shape index (κ3) is 3.99. The van der Waals surface area contributed by atoms with Gasteiger partial charge in [0.25, 0.3) is 5.88 Å². The van der Waals surface area contributed by atoms with Crippen LogP contribution in [0.2, 0.25) is 0 Å². The van der Waals surface area contributed by atoms with Crippen LogP contribution in [0, 0.1) is 0 Å². The summed E-state index contributed by atoms with van der Waals surface area (Å²) in [7, 11) is 7.47. The predicted octanol–water partition coefficient (Wildman–Crippen LogP) is 0.464. The van der Waals surface area contributed by atoms with E-state index >= 15 is 0 Å². The van der Waals surface area contributed by atoms with Crippen LogP contribution < -0.4 is 15.0 Å². The molecular formula is C16H25N7O2. The molecule has 3 heterocycles. The van der Waals surface area contributed by atoms with Gasteiger partial charge in [-0.3, -0.25) is 4.68 Å². The van der Waals surface area contributed by atoms with Crippen LogP contribution >= 0.6 is 0 Å². The SMILES string of the molecule is COc1nn(C)cc1Nc1cc(N2C[C@H](O)C[C@@H]2CN(C)C)ncn1. The quantitative estimate of drug-likeness (QED) is 0.779. The van der Waals surface area contributed by atoms with Gasteiger partial charge in [0.1, 0.15) is 23.7 Å². The lowest BCUT2D eigenvalue weighted by atomic mass is 10.2. The van der Waals surface area contributed by atoms with E-state index in [0.717, 1.165) is 24.5 Å². The number of nitrogens with zero attached hydrogens (tertiary/aromatic N) is 6. The highest BCUT2D eigenvalue weighted by molar-refractivity contribution is 5.63. The minimum Gasteiger partial charge on any atom is -0.478 e. The number of rotatable bonds is 6. The van der Waals surface area contributed by atoms with Crippen molar-refractivity contribution in [2.24, 2.45) is 7.05 Å². The number of β-amino-alcohol motifs (C(OH)–C–C–N with tert-alkyl or cyclic N) is 1. The number of nitrogens with one attached hydrogen (secondary N) is 1. The number of anilines is 3. The van der Waals surface area contributed by atoms with E-state index in [1.807, 2.05) is 33.4 Å². The Kier molecular flexibility index (Phi) is 5.05. The molecule has 0 unspecified atom stereocenters. The zero-order valence-electron chi connectivity index (χ0n) is 15.0. The minimum atomic E-state index is -0.338. The van der Waals surface area contributed by atoms with Crippen LogP contribution in [0.1, 0.15) is 6.42 Å². The molecule has 1 aliphatic rings. The van der Waals surface area contributed by atoms with E-state index in [1.54, 1.807) is 11.8 Å². The highest BCUT2D eigenvalue weighted by Gasteiger charge is 2.32. The predicted molar refractivity (Wildman–Crippen MR) is 95.4 cm³/mol. The summed E-state index contributed by atoms with van der Waals surface area (Å²) >= 11 is 0. The summed E-state index contributed by atoms with van der Waals surface area (Å²) < 4.78 is 6.93. The number of methoxy groups -OCH3 is 1. The molecule has 0 aromatic carbocycles. The van der Waals surface area contributed by atoms with Crippen molar-refractivity contribution in [2.75, 3.05) is 44.5 Å². The highest BCUT2D eigenvalue weighted by atomic mass is 16.5. The van der Waals surface area contributed by atoms with E-state index in [1.165, 1.54) is 6.33 Å². The van der Waals surface area contributed by atoms with E-state index in [2.05, 4.69) is 30.2 Å². The number of aryl methyl sites for hydroxylation is 1. The second-order valence-corrected chi connectivity index (χ2v) is 6.57. The topological polar surface area (TPSA) is 91.6 Å². The molecular weight excluding hydrogens is 322 g/mol. The zero-order valence-corrected chi connectivity index (χ0v) is 15.0. The molecule has 25 heavy (non-hydrogen) atoms. The Labute approximate surface area is 147 Å². The monoisotopic (exact) mass is 347 g/mol. The summed E-state index contributed by atoms with van der Waals surface area (Å²) in [6.07, 6.45) is 3.75. The maximum Gasteiger partial charge on any atom is 0.256 e. The van der Waals surface area contributed by atoms with Gasteiger partial charge < -0.3 is 25.0 Å². The second-order valence-electron chi connectivity index (χ2n) is 6.57. The fourth-order valence-electron chi connectivity index (χ4n) is 3.18. The molecule has 2 atom stereocenters. The number of aliphatic hydroxyl groups excluding tert-OH is 1. The van der Waals surface area contributed by atoms with Gasteiger partial charge in [0.2, 0.25) is 0 Å². The molecule has 0 bridgehead atoms. The lowest BCUT2D eigenvalue weighted by Gasteiger charge is -2.27. The van der Waals surface area contributed by atoms with Crippen LogP contribution in [0.25, 0.3) is 0 Å². The lowest BCUT2D eigenvalue weighted by molar-refractivity contribution is 0.191. The molecule has 136 valence electrons. The Bertz CT molecular complexity index is 718. The summed E-state index contributed by atoms with van der Waals surface area (Å²) in [5, 5.41) is 17.5. The molecule has 0 saturated carbocycles. The maximum atomic E-state index is 10.1. The molecule has 0 radical (unpaired) electrons. The van der Waals surface area contributed by atoms with Crippen molar-refractivity contribution in [2.45, 2.75) is 18.6 Å². The largest absolute Gasteiger partial charge is 0.478 e.